The third-order valence-electron chi connectivity index (χ3n) is 12.3. The molecule has 5 rings (SSSR count). The first-order valence-electron chi connectivity index (χ1n) is 19.8. The number of hydrogen-bond acceptors (Lipinski definition) is 9. The Bertz CT molecular complexity index is 1550. The number of ether oxygens (including phenoxy) is 4. The Morgan fingerprint density at radius 2 is 1.87 bits per heavy atom. The summed E-state index contributed by atoms with van der Waals surface area (Å²) in [5, 5.41) is 17.3. The molecule has 0 unspecified atom stereocenters. The van der Waals surface area contributed by atoms with E-state index in [0.717, 1.165) is 23.3 Å². The lowest BCUT2D eigenvalue weighted by Gasteiger charge is -2.50. The maximum absolute atomic E-state index is 14.6. The summed E-state index contributed by atoms with van der Waals surface area (Å²) in [5.74, 6) is -1.99. The monoisotopic (exact) mass is 753 g/mol. The average molecular weight is 754 g/mol. The highest BCUT2D eigenvalue weighted by Crippen LogP contribution is 2.50. The highest BCUT2D eigenvalue weighted by molar-refractivity contribution is 6.74. The van der Waals surface area contributed by atoms with Gasteiger partial charge < -0.3 is 33.3 Å². The van der Waals surface area contributed by atoms with Gasteiger partial charge in [0.05, 0.1) is 30.6 Å². The fraction of sp³-hybridized carbons (Fsp3) is 0.721. The Balaban J connectivity index is 1.57. The highest BCUT2D eigenvalue weighted by Gasteiger charge is 2.62. The molecular formula is C43H67NO8Si. The molecule has 296 valence electrons. The summed E-state index contributed by atoms with van der Waals surface area (Å²) in [6.07, 6.45) is 12.8. The molecule has 10 heteroatoms. The fourth-order valence-corrected chi connectivity index (χ4v) is 9.86. The number of rotatable bonds is 5. The summed E-state index contributed by atoms with van der Waals surface area (Å²) in [5.41, 5.74) is 3.09. The van der Waals surface area contributed by atoms with Gasteiger partial charge in [0.1, 0.15) is 30.8 Å². The van der Waals surface area contributed by atoms with Crippen molar-refractivity contribution in [1.82, 2.24) is 0 Å². The SMILES string of the molecule is CO/N=C1/C[C@]2(C[C@@H]3C[C@@H](C/C=C(/C)C[C@@H](C)/C=C\C=C4CO[C@@H]5[C@H](O[Si](C)(C)C(C)(C)C)C(C)=C[C@@H](C(=O)O3)[C@]45O)O2)O[C@H](/C(C)=C/C(C)C)[C@H]1C. The second kappa shape index (κ2) is 16.0. The second-order valence-corrected chi connectivity index (χ2v) is 23.1. The van der Waals surface area contributed by atoms with Crippen molar-refractivity contribution in [3.05, 3.63) is 58.7 Å². The molecule has 1 N–H and O–H groups in total. The second-order valence-electron chi connectivity index (χ2n) is 18.4. The number of carbonyl (C=O) groups is 1. The maximum atomic E-state index is 14.6. The van der Waals surface area contributed by atoms with Gasteiger partial charge in [-0.05, 0) is 80.3 Å². The Morgan fingerprint density at radius 3 is 2.53 bits per heavy atom. The molecule has 10 atom stereocenters. The molecule has 1 spiro atoms. The highest BCUT2D eigenvalue weighted by atomic mass is 28.4. The molecular weight excluding hydrogens is 687 g/mol. The van der Waals surface area contributed by atoms with Crippen LogP contribution in [0.1, 0.15) is 101 Å². The zero-order valence-corrected chi connectivity index (χ0v) is 35.7. The molecule has 1 aliphatic carbocycles. The summed E-state index contributed by atoms with van der Waals surface area (Å²) in [6, 6.07) is 0. The van der Waals surface area contributed by atoms with Crippen molar-refractivity contribution in [3.63, 3.8) is 0 Å². The third kappa shape index (κ3) is 8.89. The first-order valence-corrected chi connectivity index (χ1v) is 22.7. The van der Waals surface area contributed by atoms with E-state index < -0.39 is 49.9 Å². The molecule has 5 aliphatic rings. The van der Waals surface area contributed by atoms with Crippen molar-refractivity contribution in [2.75, 3.05) is 13.7 Å². The average Bonchev–Trinajstić information content (AvgIpc) is 3.38. The Kier molecular flexibility index (Phi) is 12.6. The van der Waals surface area contributed by atoms with E-state index in [2.05, 4.69) is 98.8 Å². The van der Waals surface area contributed by atoms with E-state index in [4.69, 9.17) is 28.2 Å². The predicted octanol–water partition coefficient (Wildman–Crippen LogP) is 8.76. The lowest BCUT2D eigenvalue weighted by Crippen LogP contribution is -2.61. The van der Waals surface area contributed by atoms with Crippen molar-refractivity contribution in [3.8, 4) is 0 Å². The summed E-state index contributed by atoms with van der Waals surface area (Å²) in [4.78, 5) is 20.0. The number of carbonyl (C=O) groups excluding carboxylic acids is 1. The fourth-order valence-electron chi connectivity index (χ4n) is 8.57. The first kappa shape index (κ1) is 41.8. The van der Waals surface area contributed by atoms with Crippen molar-refractivity contribution < 1.29 is 38.1 Å². The molecule has 3 fully saturated rings. The zero-order chi connectivity index (χ0) is 39.1. The van der Waals surface area contributed by atoms with Crippen LogP contribution in [0.15, 0.2) is 63.9 Å². The number of fused-ring (bicyclic) bond motifs is 2. The van der Waals surface area contributed by atoms with E-state index in [1.807, 2.05) is 25.2 Å². The standard InChI is InChI=1S/C43H67NO8Si/c1-26(2)19-29(5)37-31(7)36(44-47-11)24-42(51-37)23-34-22-33(50-42)18-17-28(4)20-27(3)15-14-16-32-25-48-39-38(52-53(12,13)41(8,9)10)30(6)21-35(40(45)49-34)43(32,39)46/h14-17,19,21,26-27,31,33-35,37-39,46H,18,20,22-25H2,1-13H3/b15-14-,28-17-,29-19+,32-16?,44-36-/t27-,31-,33+,34-,35-,37+,38+,39+,42-,43+/m0/s1. The summed E-state index contributed by atoms with van der Waals surface area (Å²) in [6.45, 7) is 26.0. The topological polar surface area (TPSA) is 105 Å². The number of allylic oxidation sites excluding steroid dienone is 5. The number of esters is 1. The quantitative estimate of drug-likeness (QED) is 0.129. The van der Waals surface area contributed by atoms with Crippen LogP contribution in [0.25, 0.3) is 0 Å². The lowest BCUT2D eigenvalue weighted by atomic mass is 9.71. The van der Waals surface area contributed by atoms with Crippen LogP contribution in [0, 0.1) is 23.7 Å². The molecule has 0 amide bonds. The minimum absolute atomic E-state index is 0.0293. The van der Waals surface area contributed by atoms with Gasteiger partial charge in [-0.3, -0.25) is 4.79 Å². The van der Waals surface area contributed by atoms with Gasteiger partial charge in [0.15, 0.2) is 14.1 Å². The van der Waals surface area contributed by atoms with Gasteiger partial charge in [-0.1, -0.05) is 95.7 Å². The van der Waals surface area contributed by atoms with Gasteiger partial charge in [-0.25, -0.2) is 0 Å². The normalized spacial score (nSPS) is 39.9. The van der Waals surface area contributed by atoms with Gasteiger partial charge in [0.2, 0.25) is 0 Å². The van der Waals surface area contributed by atoms with E-state index in [0.29, 0.717) is 37.2 Å². The van der Waals surface area contributed by atoms with Crippen molar-refractivity contribution >= 4 is 20.0 Å². The lowest BCUT2D eigenvalue weighted by molar-refractivity contribution is -0.313. The van der Waals surface area contributed by atoms with Gasteiger partial charge in [0, 0.05) is 25.2 Å². The Labute approximate surface area is 320 Å². The minimum atomic E-state index is -2.29. The Hall–Kier alpha value is -2.34. The van der Waals surface area contributed by atoms with Gasteiger partial charge >= 0.3 is 5.97 Å². The number of nitrogens with zero attached hydrogens (tertiary/aromatic N) is 1. The first-order chi connectivity index (χ1) is 24.7. The minimum Gasteiger partial charge on any atom is -0.462 e. The van der Waals surface area contributed by atoms with Crippen LogP contribution in [-0.2, 0) is 33.0 Å². The molecule has 0 saturated carbocycles. The molecule has 0 aromatic carbocycles. The van der Waals surface area contributed by atoms with Crippen molar-refractivity contribution in [2.45, 2.75) is 161 Å². The van der Waals surface area contributed by atoms with Crippen LogP contribution in [0.4, 0.5) is 0 Å². The molecule has 53 heavy (non-hydrogen) atoms. The molecule has 0 radical (unpaired) electrons. The molecule has 9 nitrogen and oxygen atoms in total. The van der Waals surface area contributed by atoms with Gasteiger partial charge in [-0.15, -0.1) is 0 Å². The van der Waals surface area contributed by atoms with Crippen LogP contribution in [0.3, 0.4) is 0 Å². The van der Waals surface area contributed by atoms with E-state index in [1.165, 1.54) is 5.57 Å². The third-order valence-corrected chi connectivity index (χ3v) is 16.8. The predicted molar refractivity (Wildman–Crippen MR) is 212 cm³/mol. The smallest absolute Gasteiger partial charge is 0.316 e. The number of oxime groups is 1. The van der Waals surface area contributed by atoms with E-state index in [1.54, 1.807) is 7.11 Å². The molecule has 0 aromatic rings. The van der Waals surface area contributed by atoms with Crippen LogP contribution in [-0.4, -0.2) is 80.7 Å². The van der Waals surface area contributed by atoms with E-state index in [9.17, 15) is 9.90 Å². The Morgan fingerprint density at radius 1 is 1.15 bits per heavy atom. The molecule has 4 aliphatic heterocycles. The molecule has 3 saturated heterocycles. The maximum Gasteiger partial charge on any atom is 0.316 e. The summed E-state index contributed by atoms with van der Waals surface area (Å²) < 4.78 is 33.9. The largest absolute Gasteiger partial charge is 0.462 e. The molecule has 0 aromatic heterocycles. The van der Waals surface area contributed by atoms with Gasteiger partial charge in [0.25, 0.3) is 0 Å². The van der Waals surface area contributed by atoms with Crippen molar-refractivity contribution in [1.29, 1.82) is 0 Å². The van der Waals surface area contributed by atoms with Crippen molar-refractivity contribution in [2.24, 2.45) is 28.8 Å². The molecule has 2 bridgehead atoms. The van der Waals surface area contributed by atoms with Crippen LogP contribution in [0.5, 0.6) is 0 Å². The number of aliphatic hydroxyl groups is 1. The zero-order valence-electron chi connectivity index (χ0n) is 34.7. The summed E-state index contributed by atoms with van der Waals surface area (Å²) >= 11 is 0. The van der Waals surface area contributed by atoms with E-state index in [-0.39, 0.29) is 35.7 Å². The molecule has 4 heterocycles. The van der Waals surface area contributed by atoms with Crippen LogP contribution >= 0.6 is 0 Å². The van der Waals surface area contributed by atoms with Gasteiger partial charge in [-0.2, -0.15) is 0 Å². The van der Waals surface area contributed by atoms with Crippen LogP contribution in [0.2, 0.25) is 18.1 Å². The van der Waals surface area contributed by atoms with E-state index >= 15 is 0 Å². The summed E-state index contributed by atoms with van der Waals surface area (Å²) in [7, 11) is -0.724. The number of hydrogen-bond donors (Lipinski definition) is 1. The van der Waals surface area contributed by atoms with Crippen LogP contribution < -0.4 is 0 Å².